The molecule has 1 N–H and O–H groups in total. The fourth-order valence-corrected chi connectivity index (χ4v) is 0.636. The molecule has 2 rings (SSSR count). The Bertz CT molecular complexity index is 314. The van der Waals surface area contributed by atoms with E-state index in [9.17, 15) is 0 Å². The number of aromatic nitrogens is 6. The topological polar surface area (TPSA) is 80.2 Å². The van der Waals surface area contributed by atoms with Gasteiger partial charge in [-0.3, -0.25) is 0 Å². The van der Waals surface area contributed by atoms with Crippen LogP contribution in [0, 0.1) is 6.20 Å². The minimum Gasteiger partial charge on any atom is -0.236 e. The first-order valence-electron chi connectivity index (χ1n) is 2.90. The number of nitrogens with one attached hydrogen (secondary N) is 1. The van der Waals surface area contributed by atoms with Crippen LogP contribution >= 0.6 is 0 Å². The van der Waals surface area contributed by atoms with Crippen molar-refractivity contribution in [3.8, 4) is 11.6 Å². The number of hydrogen-bond acceptors (Lipinski definition) is 5. The van der Waals surface area contributed by atoms with Gasteiger partial charge in [0.1, 0.15) is 0 Å². The van der Waals surface area contributed by atoms with Crippen molar-refractivity contribution in [2.75, 3.05) is 0 Å². The van der Waals surface area contributed by atoms with Gasteiger partial charge in [0.25, 0.3) is 0 Å². The molecule has 11 heavy (non-hydrogen) atoms. The van der Waals surface area contributed by atoms with Gasteiger partial charge in [-0.25, -0.2) is 15.1 Å². The van der Waals surface area contributed by atoms with E-state index in [0.717, 1.165) is 0 Å². The summed E-state index contributed by atoms with van der Waals surface area (Å²) in [5, 5.41) is 12.9. The summed E-state index contributed by atoms with van der Waals surface area (Å²) >= 11 is 0. The average Bonchev–Trinajstić information content (AvgIpc) is 2.58. The highest BCUT2D eigenvalue weighted by atomic mass is 15.5. The summed E-state index contributed by atoms with van der Waals surface area (Å²) in [6, 6.07) is 1.60. The van der Waals surface area contributed by atoms with Gasteiger partial charge in [0.15, 0.2) is 5.82 Å². The Morgan fingerprint density at radius 3 is 3.09 bits per heavy atom. The number of rotatable bonds is 1. The number of H-pyrrole nitrogens is 1. The molecule has 0 aromatic carbocycles. The Morgan fingerprint density at radius 1 is 1.45 bits per heavy atom. The first-order chi connectivity index (χ1) is 5.47. The summed E-state index contributed by atoms with van der Waals surface area (Å²) in [6.07, 6.45) is 4.20. The highest BCUT2D eigenvalue weighted by Gasteiger charge is 2.01. The van der Waals surface area contributed by atoms with Crippen LogP contribution in [0.5, 0.6) is 0 Å². The molecule has 0 aliphatic rings. The molecule has 0 unspecified atom stereocenters. The second kappa shape index (κ2) is 2.41. The number of hydrogen-bond donors (Lipinski definition) is 1. The summed E-state index contributed by atoms with van der Waals surface area (Å²) in [5.74, 6) is 0.888. The number of nitrogens with zero attached hydrogens (tertiary/aromatic N) is 5. The van der Waals surface area contributed by atoms with E-state index in [4.69, 9.17) is 0 Å². The van der Waals surface area contributed by atoms with Crippen LogP contribution in [-0.4, -0.2) is 30.6 Å². The Balaban J connectivity index is 2.46. The highest BCUT2D eigenvalue weighted by molar-refractivity contribution is 5.38. The van der Waals surface area contributed by atoms with Crippen molar-refractivity contribution in [1.82, 2.24) is 30.6 Å². The van der Waals surface area contributed by atoms with Gasteiger partial charge in [-0.15, -0.1) is 5.10 Å². The largest absolute Gasteiger partial charge is 0.236 e. The molecule has 0 saturated carbocycles. The molecule has 1 radical (unpaired) electrons. The molecule has 2 aromatic heterocycles. The summed E-state index contributed by atoms with van der Waals surface area (Å²) in [6.45, 7) is 0. The van der Waals surface area contributed by atoms with Crippen molar-refractivity contribution in [2.45, 2.75) is 0 Å². The van der Waals surface area contributed by atoms with Gasteiger partial charge in [-0.05, 0) is 16.5 Å². The van der Waals surface area contributed by atoms with E-state index >= 15 is 0 Å². The predicted octanol–water partition coefficient (Wildman–Crippen LogP) is -0.543. The molecule has 0 saturated heterocycles. The summed E-state index contributed by atoms with van der Waals surface area (Å²) in [7, 11) is 0. The molecular formula is C5H3N6. The maximum atomic E-state index is 3.91. The molecule has 0 amide bonds. The van der Waals surface area contributed by atoms with Gasteiger partial charge in [0, 0.05) is 6.20 Å². The van der Waals surface area contributed by atoms with Crippen LogP contribution in [0.3, 0.4) is 0 Å². The lowest BCUT2D eigenvalue weighted by molar-refractivity contribution is 0.881. The lowest BCUT2D eigenvalue weighted by Crippen LogP contribution is -1.88. The first-order valence-corrected chi connectivity index (χ1v) is 2.90. The fourth-order valence-electron chi connectivity index (χ4n) is 0.636. The van der Waals surface area contributed by atoms with Crippen LogP contribution in [0.15, 0.2) is 12.3 Å². The molecule has 6 nitrogen and oxygen atoms in total. The van der Waals surface area contributed by atoms with E-state index in [1.807, 2.05) is 0 Å². The van der Waals surface area contributed by atoms with E-state index in [1.54, 1.807) is 12.3 Å². The fraction of sp³-hybridized carbons (Fsp3) is 0. The van der Waals surface area contributed by atoms with Gasteiger partial charge in [0.2, 0.25) is 5.82 Å². The second-order valence-electron chi connectivity index (χ2n) is 1.76. The SMILES string of the molecule is [c]1ccnc(-c2nnn[nH]2)n1. The quantitative estimate of drug-likeness (QED) is 0.585. The Labute approximate surface area is 61.7 Å². The highest BCUT2D eigenvalue weighted by Crippen LogP contribution is 2.01. The second-order valence-corrected chi connectivity index (χ2v) is 1.76. The monoisotopic (exact) mass is 147 g/mol. The molecule has 53 valence electrons. The van der Waals surface area contributed by atoms with Crippen LogP contribution in [0.4, 0.5) is 0 Å². The van der Waals surface area contributed by atoms with Gasteiger partial charge in [0.05, 0.1) is 6.20 Å². The Hall–Kier alpha value is -1.85. The molecule has 0 fully saturated rings. The smallest absolute Gasteiger partial charge is 0.217 e. The minimum atomic E-state index is 0.442. The first kappa shape index (κ1) is 5.90. The van der Waals surface area contributed by atoms with E-state index < -0.39 is 0 Å². The third kappa shape index (κ3) is 1.05. The molecular weight excluding hydrogens is 144 g/mol. The Morgan fingerprint density at radius 2 is 2.45 bits per heavy atom. The van der Waals surface area contributed by atoms with Crippen LogP contribution in [0.2, 0.25) is 0 Å². The number of aromatic amines is 1. The van der Waals surface area contributed by atoms with Crippen LogP contribution in [-0.2, 0) is 0 Å². The summed E-state index contributed by atoms with van der Waals surface area (Å²) in [5.41, 5.74) is 0. The number of tetrazole rings is 1. The standard InChI is InChI=1S/C5H3N6/c1-2-6-4(7-3-1)5-8-10-11-9-5/h1-2H,(H,8,9,10,11). The van der Waals surface area contributed by atoms with E-state index in [1.165, 1.54) is 0 Å². The van der Waals surface area contributed by atoms with E-state index in [2.05, 4.69) is 36.8 Å². The van der Waals surface area contributed by atoms with Crippen molar-refractivity contribution >= 4 is 0 Å². The Kier molecular flexibility index (Phi) is 1.29. The molecule has 2 aromatic rings. The average molecular weight is 147 g/mol. The van der Waals surface area contributed by atoms with Crippen molar-refractivity contribution in [1.29, 1.82) is 0 Å². The van der Waals surface area contributed by atoms with Crippen LogP contribution in [0.1, 0.15) is 0 Å². The normalized spacial score (nSPS) is 9.82. The van der Waals surface area contributed by atoms with Crippen molar-refractivity contribution in [2.24, 2.45) is 0 Å². The molecule has 2 heterocycles. The lowest BCUT2D eigenvalue weighted by atomic mass is 10.5. The van der Waals surface area contributed by atoms with Gasteiger partial charge in [-0.1, -0.05) is 0 Å². The molecule has 0 aliphatic heterocycles. The predicted molar refractivity (Wildman–Crippen MR) is 34.0 cm³/mol. The van der Waals surface area contributed by atoms with E-state index in [0.29, 0.717) is 11.6 Å². The van der Waals surface area contributed by atoms with Gasteiger partial charge >= 0.3 is 0 Å². The molecule has 0 bridgehead atoms. The maximum absolute atomic E-state index is 3.91. The molecule has 6 heteroatoms. The van der Waals surface area contributed by atoms with Crippen LogP contribution in [0.25, 0.3) is 11.6 Å². The molecule has 0 spiro atoms. The zero-order chi connectivity index (χ0) is 7.52. The van der Waals surface area contributed by atoms with Crippen molar-refractivity contribution < 1.29 is 0 Å². The lowest BCUT2D eigenvalue weighted by Gasteiger charge is -1.87. The maximum Gasteiger partial charge on any atom is 0.217 e. The van der Waals surface area contributed by atoms with E-state index in [-0.39, 0.29) is 0 Å². The third-order valence-corrected chi connectivity index (χ3v) is 1.07. The van der Waals surface area contributed by atoms with Gasteiger partial charge in [-0.2, -0.15) is 0 Å². The molecule has 0 aliphatic carbocycles. The van der Waals surface area contributed by atoms with Gasteiger partial charge < -0.3 is 0 Å². The van der Waals surface area contributed by atoms with Crippen molar-refractivity contribution in [3.05, 3.63) is 18.5 Å². The molecule has 0 atom stereocenters. The van der Waals surface area contributed by atoms with Crippen molar-refractivity contribution in [3.63, 3.8) is 0 Å². The third-order valence-electron chi connectivity index (χ3n) is 1.07. The summed E-state index contributed by atoms with van der Waals surface area (Å²) < 4.78 is 0. The zero-order valence-electron chi connectivity index (χ0n) is 5.39. The van der Waals surface area contributed by atoms with Crippen LogP contribution < -0.4 is 0 Å². The zero-order valence-corrected chi connectivity index (χ0v) is 5.39. The minimum absolute atomic E-state index is 0.442. The summed E-state index contributed by atoms with van der Waals surface area (Å²) in [4.78, 5) is 7.72.